The molecule has 1 aromatic heterocycles. The maximum Gasteiger partial charge on any atom is 0.285 e. The molecule has 9 heteroatoms. The third-order valence-corrected chi connectivity index (χ3v) is 5.39. The van der Waals surface area contributed by atoms with Crippen LogP contribution in [0.1, 0.15) is 21.7 Å². The van der Waals surface area contributed by atoms with Gasteiger partial charge in [-0.25, -0.2) is 13.5 Å². The molecule has 0 atom stereocenters. The van der Waals surface area contributed by atoms with Gasteiger partial charge in [0, 0.05) is 30.7 Å². The molecule has 2 aromatic carbocycles. The summed E-state index contributed by atoms with van der Waals surface area (Å²) in [4.78, 5) is 26.8. The van der Waals surface area contributed by atoms with Crippen molar-refractivity contribution in [3.8, 4) is 5.69 Å². The lowest BCUT2D eigenvalue weighted by Gasteiger charge is -2.10. The summed E-state index contributed by atoms with van der Waals surface area (Å²) in [7, 11) is 3.35. The Kier molecular flexibility index (Phi) is 6.21. The van der Waals surface area contributed by atoms with Gasteiger partial charge < -0.3 is 10.2 Å². The molecular formula is C21H20F2N4O2S. The first-order valence-corrected chi connectivity index (χ1v) is 9.81. The second-order valence-electron chi connectivity index (χ2n) is 6.79. The Morgan fingerprint density at radius 3 is 2.33 bits per heavy atom. The van der Waals surface area contributed by atoms with E-state index in [-0.39, 0.29) is 10.9 Å². The Morgan fingerprint density at radius 2 is 1.73 bits per heavy atom. The Morgan fingerprint density at radius 1 is 1.07 bits per heavy atom. The molecule has 30 heavy (non-hydrogen) atoms. The van der Waals surface area contributed by atoms with Gasteiger partial charge in [-0.1, -0.05) is 0 Å². The fourth-order valence-corrected chi connectivity index (χ4v) is 3.51. The van der Waals surface area contributed by atoms with Gasteiger partial charge in [-0.05, 0) is 62.0 Å². The molecule has 2 amide bonds. The lowest BCUT2D eigenvalue weighted by atomic mass is 10.1. The number of amides is 2. The number of anilines is 1. The van der Waals surface area contributed by atoms with Crippen LogP contribution in [0.4, 0.5) is 19.3 Å². The smallest absolute Gasteiger partial charge is 0.285 e. The number of rotatable bonds is 4. The molecular weight excluding hydrogens is 410 g/mol. The van der Waals surface area contributed by atoms with Gasteiger partial charge in [-0.15, -0.1) is 0 Å². The second-order valence-corrected chi connectivity index (χ2v) is 7.82. The number of aryl methyl sites for hydroxylation is 1. The quantitative estimate of drug-likeness (QED) is 0.604. The Hall–Kier alpha value is -3.20. The van der Waals surface area contributed by atoms with Crippen LogP contribution in [-0.4, -0.2) is 39.9 Å². The van der Waals surface area contributed by atoms with E-state index in [0.29, 0.717) is 22.6 Å². The number of carbonyl (C=O) groups is 2. The van der Waals surface area contributed by atoms with Crippen molar-refractivity contribution < 1.29 is 18.4 Å². The first-order chi connectivity index (χ1) is 14.2. The number of hydrogen-bond acceptors (Lipinski definition) is 4. The van der Waals surface area contributed by atoms with Gasteiger partial charge >= 0.3 is 0 Å². The highest BCUT2D eigenvalue weighted by molar-refractivity contribution is 8.13. The molecule has 0 bridgehead atoms. The minimum Gasteiger partial charge on any atom is -0.339 e. The van der Waals surface area contributed by atoms with Gasteiger partial charge in [0.25, 0.3) is 11.1 Å². The van der Waals surface area contributed by atoms with Crippen molar-refractivity contribution in [3.63, 3.8) is 0 Å². The van der Waals surface area contributed by atoms with E-state index >= 15 is 0 Å². The summed E-state index contributed by atoms with van der Waals surface area (Å²) < 4.78 is 28.6. The number of nitrogens with zero attached hydrogens (tertiary/aromatic N) is 3. The zero-order chi connectivity index (χ0) is 22.0. The number of aromatic nitrogens is 2. The van der Waals surface area contributed by atoms with Crippen LogP contribution >= 0.6 is 11.8 Å². The molecule has 0 aliphatic heterocycles. The van der Waals surface area contributed by atoms with Crippen molar-refractivity contribution >= 4 is 28.6 Å². The van der Waals surface area contributed by atoms with E-state index in [2.05, 4.69) is 10.4 Å². The van der Waals surface area contributed by atoms with Crippen molar-refractivity contribution in [3.05, 3.63) is 71.1 Å². The number of hydrogen-bond donors (Lipinski definition) is 1. The van der Waals surface area contributed by atoms with Crippen molar-refractivity contribution in [1.82, 2.24) is 14.7 Å². The molecule has 0 fully saturated rings. The van der Waals surface area contributed by atoms with E-state index in [0.717, 1.165) is 28.8 Å². The van der Waals surface area contributed by atoms with Crippen molar-refractivity contribution in [1.29, 1.82) is 0 Å². The monoisotopic (exact) mass is 430 g/mol. The molecule has 6 nitrogen and oxygen atoms in total. The molecule has 0 aliphatic rings. The van der Waals surface area contributed by atoms with Crippen LogP contribution in [0.2, 0.25) is 0 Å². The maximum absolute atomic E-state index is 14.2. The van der Waals surface area contributed by atoms with Gasteiger partial charge in [-0.3, -0.25) is 9.59 Å². The van der Waals surface area contributed by atoms with Gasteiger partial charge in [0.05, 0.1) is 17.0 Å². The van der Waals surface area contributed by atoms with Crippen molar-refractivity contribution in [2.24, 2.45) is 0 Å². The van der Waals surface area contributed by atoms with Gasteiger partial charge in [-0.2, -0.15) is 5.10 Å². The van der Waals surface area contributed by atoms with Crippen LogP contribution in [0.5, 0.6) is 0 Å². The molecule has 0 saturated carbocycles. The number of thioether (sulfide) groups is 1. The standard InChI is InChI=1S/C21H20F2N4O2S/c1-12-19(13(2)27(25-12)18-10-5-14(22)11-17(18)23)20(28)24-15-6-8-16(9-7-15)30-21(29)26(3)4/h5-11H,1-4H3,(H,24,28). The summed E-state index contributed by atoms with van der Waals surface area (Å²) >= 11 is 1.08. The number of carbonyl (C=O) groups excluding carboxylic acids is 2. The maximum atomic E-state index is 14.2. The average molecular weight is 430 g/mol. The second kappa shape index (κ2) is 8.66. The fourth-order valence-electron chi connectivity index (χ4n) is 2.85. The Labute approximate surface area is 176 Å². The normalized spacial score (nSPS) is 10.7. The summed E-state index contributed by atoms with van der Waals surface area (Å²) in [6.07, 6.45) is 0. The highest BCUT2D eigenvalue weighted by Crippen LogP contribution is 2.24. The first kappa shape index (κ1) is 21.5. The topological polar surface area (TPSA) is 67.2 Å². The Balaban J connectivity index is 1.81. The average Bonchev–Trinajstić information content (AvgIpc) is 2.97. The van der Waals surface area contributed by atoms with E-state index in [1.165, 1.54) is 15.6 Å². The van der Waals surface area contributed by atoms with E-state index < -0.39 is 17.5 Å². The lowest BCUT2D eigenvalue weighted by molar-refractivity contribution is 0.102. The molecule has 1 N–H and O–H groups in total. The largest absolute Gasteiger partial charge is 0.339 e. The summed E-state index contributed by atoms with van der Waals surface area (Å²) in [6, 6.07) is 10.0. The molecule has 156 valence electrons. The van der Waals surface area contributed by atoms with Gasteiger partial charge in [0.1, 0.15) is 11.5 Å². The van der Waals surface area contributed by atoms with Crippen LogP contribution in [0, 0.1) is 25.5 Å². The SMILES string of the molecule is Cc1nn(-c2ccc(F)cc2F)c(C)c1C(=O)Nc1ccc(SC(=O)N(C)C)cc1. The third-order valence-electron chi connectivity index (χ3n) is 4.34. The van der Waals surface area contributed by atoms with Crippen molar-refractivity contribution in [2.75, 3.05) is 19.4 Å². The predicted molar refractivity (Wildman–Crippen MR) is 112 cm³/mol. The van der Waals surface area contributed by atoms with Crippen LogP contribution in [0.15, 0.2) is 47.4 Å². The number of halogens is 2. The van der Waals surface area contributed by atoms with E-state index in [4.69, 9.17) is 0 Å². The molecule has 0 radical (unpaired) electrons. The zero-order valence-electron chi connectivity index (χ0n) is 16.9. The summed E-state index contributed by atoms with van der Waals surface area (Å²) in [6.45, 7) is 3.29. The minimum absolute atomic E-state index is 0.0583. The molecule has 0 saturated heterocycles. The van der Waals surface area contributed by atoms with E-state index in [1.807, 2.05) is 0 Å². The van der Waals surface area contributed by atoms with Gasteiger partial charge in [0.2, 0.25) is 0 Å². The molecule has 1 heterocycles. The molecule has 0 aliphatic carbocycles. The summed E-state index contributed by atoms with van der Waals surface area (Å²) in [5.41, 5.74) is 1.75. The van der Waals surface area contributed by atoms with Crippen LogP contribution in [0.3, 0.4) is 0 Å². The zero-order valence-corrected chi connectivity index (χ0v) is 17.7. The van der Waals surface area contributed by atoms with Crippen LogP contribution in [-0.2, 0) is 0 Å². The first-order valence-electron chi connectivity index (χ1n) is 8.99. The van der Waals surface area contributed by atoms with Crippen molar-refractivity contribution in [2.45, 2.75) is 18.7 Å². The van der Waals surface area contributed by atoms with Crippen LogP contribution < -0.4 is 5.32 Å². The summed E-state index contributed by atoms with van der Waals surface area (Å²) in [5.74, 6) is -1.86. The molecule has 3 rings (SSSR count). The number of nitrogens with one attached hydrogen (secondary N) is 1. The molecule has 3 aromatic rings. The summed E-state index contributed by atoms with van der Waals surface area (Å²) in [5, 5.41) is 6.93. The lowest BCUT2D eigenvalue weighted by Crippen LogP contribution is -2.16. The highest BCUT2D eigenvalue weighted by atomic mass is 32.2. The fraction of sp³-hybridized carbons (Fsp3) is 0.190. The van der Waals surface area contributed by atoms with Crippen LogP contribution in [0.25, 0.3) is 5.69 Å². The predicted octanol–water partition coefficient (Wildman–Crippen LogP) is 4.79. The number of benzene rings is 2. The minimum atomic E-state index is -0.770. The van der Waals surface area contributed by atoms with E-state index in [9.17, 15) is 18.4 Å². The Bertz CT molecular complexity index is 1110. The molecule has 0 unspecified atom stereocenters. The van der Waals surface area contributed by atoms with Gasteiger partial charge in [0.15, 0.2) is 5.82 Å². The van der Waals surface area contributed by atoms with E-state index in [1.54, 1.807) is 52.2 Å². The third kappa shape index (κ3) is 4.51. The molecule has 0 spiro atoms. The highest BCUT2D eigenvalue weighted by Gasteiger charge is 2.21.